The lowest BCUT2D eigenvalue weighted by atomic mass is 10.2. The van der Waals surface area contributed by atoms with E-state index in [9.17, 15) is 4.79 Å². The van der Waals surface area contributed by atoms with Crippen molar-refractivity contribution in [3.05, 3.63) is 60.2 Å². The van der Waals surface area contributed by atoms with E-state index in [1.54, 1.807) is 30.6 Å². The van der Waals surface area contributed by atoms with Crippen LogP contribution in [0.2, 0.25) is 0 Å². The lowest BCUT2D eigenvalue weighted by Gasteiger charge is -2.08. The minimum Gasteiger partial charge on any atom is -0.489 e. The van der Waals surface area contributed by atoms with Gasteiger partial charge in [0, 0.05) is 24.9 Å². The number of nitrogens with zero attached hydrogens (tertiary/aromatic N) is 3. The number of esters is 1. The summed E-state index contributed by atoms with van der Waals surface area (Å²) in [5, 5.41) is 7.95. The molecule has 0 fully saturated rings. The Labute approximate surface area is 150 Å². The van der Waals surface area contributed by atoms with Gasteiger partial charge in [0.25, 0.3) is 11.8 Å². The fourth-order valence-electron chi connectivity index (χ4n) is 2.05. The minimum atomic E-state index is -0.351. The van der Waals surface area contributed by atoms with E-state index in [4.69, 9.17) is 13.9 Å². The second kappa shape index (κ2) is 8.44. The first-order chi connectivity index (χ1) is 12.7. The van der Waals surface area contributed by atoms with Gasteiger partial charge in [0.05, 0.1) is 5.56 Å². The summed E-state index contributed by atoms with van der Waals surface area (Å²) in [5.41, 5.74) is 1.39. The third-order valence-electron chi connectivity index (χ3n) is 3.16. The number of benzene rings is 1. The van der Waals surface area contributed by atoms with Gasteiger partial charge in [-0.2, -0.15) is 0 Å². The number of hydrogen-bond acceptors (Lipinski definition) is 7. The van der Waals surface area contributed by atoms with Crippen LogP contribution in [0.5, 0.6) is 5.75 Å². The van der Waals surface area contributed by atoms with Crippen molar-refractivity contribution in [1.82, 2.24) is 15.2 Å². The summed E-state index contributed by atoms with van der Waals surface area (Å²) in [6.07, 6.45) is 3.32. The van der Waals surface area contributed by atoms with Gasteiger partial charge < -0.3 is 13.9 Å². The molecule has 26 heavy (non-hydrogen) atoms. The molecular weight excluding hydrogens is 334 g/mol. The smallest absolute Gasteiger partial charge is 0.302 e. The summed E-state index contributed by atoms with van der Waals surface area (Å²) in [5.74, 6) is 6.40. The van der Waals surface area contributed by atoms with Crippen molar-refractivity contribution in [2.75, 3.05) is 13.2 Å². The van der Waals surface area contributed by atoms with Crippen LogP contribution in [0, 0.1) is 11.8 Å². The van der Waals surface area contributed by atoms with Gasteiger partial charge in [-0.05, 0) is 30.2 Å². The van der Waals surface area contributed by atoms with E-state index in [2.05, 4.69) is 27.0 Å². The molecule has 0 N–H and O–H groups in total. The minimum absolute atomic E-state index is 0.162. The highest BCUT2D eigenvalue weighted by Crippen LogP contribution is 2.28. The summed E-state index contributed by atoms with van der Waals surface area (Å²) in [6.45, 7) is 1.73. The molecule has 2 heterocycles. The van der Waals surface area contributed by atoms with Gasteiger partial charge in [-0.25, -0.2) is 0 Å². The van der Waals surface area contributed by atoms with Crippen LogP contribution in [0.3, 0.4) is 0 Å². The molecule has 0 saturated heterocycles. The number of aromatic nitrogens is 3. The number of ether oxygens (including phenoxy) is 2. The van der Waals surface area contributed by atoms with E-state index in [0.717, 1.165) is 5.56 Å². The molecule has 3 rings (SSSR count). The van der Waals surface area contributed by atoms with Gasteiger partial charge in [-0.1, -0.05) is 23.2 Å². The monoisotopic (exact) mass is 349 g/mol. The molecule has 0 unspecified atom stereocenters. The number of rotatable bonds is 5. The fraction of sp³-hybridized carbons (Fsp3) is 0.158. The van der Waals surface area contributed by atoms with Crippen molar-refractivity contribution in [3.63, 3.8) is 0 Å². The van der Waals surface area contributed by atoms with Crippen molar-refractivity contribution in [1.29, 1.82) is 0 Å². The Hall–Kier alpha value is -3.66. The molecule has 0 atom stereocenters. The quantitative estimate of drug-likeness (QED) is 0.397. The first-order valence-corrected chi connectivity index (χ1v) is 7.83. The zero-order valence-electron chi connectivity index (χ0n) is 14.0. The Morgan fingerprint density at radius 3 is 2.81 bits per heavy atom. The first kappa shape index (κ1) is 17.2. The van der Waals surface area contributed by atoms with Crippen LogP contribution in [-0.4, -0.2) is 34.4 Å². The Kier molecular flexibility index (Phi) is 5.58. The molecule has 0 amide bonds. The van der Waals surface area contributed by atoms with Gasteiger partial charge >= 0.3 is 5.97 Å². The number of hydrogen-bond donors (Lipinski definition) is 0. The molecule has 0 spiro atoms. The van der Waals surface area contributed by atoms with Crippen molar-refractivity contribution in [2.45, 2.75) is 6.92 Å². The van der Waals surface area contributed by atoms with Crippen LogP contribution >= 0.6 is 0 Å². The van der Waals surface area contributed by atoms with E-state index in [1.165, 1.54) is 6.92 Å². The van der Waals surface area contributed by atoms with Crippen molar-refractivity contribution in [2.24, 2.45) is 0 Å². The molecule has 7 nitrogen and oxygen atoms in total. The highest BCUT2D eigenvalue weighted by molar-refractivity contribution is 5.66. The maximum atomic E-state index is 10.8. The standard InChI is InChI=1S/C19H15N3O4/c1-14(23)24-11-12-25-17-7-3-2-6-16(17)19-22-21-18(26-19)9-8-15-5-4-10-20-13-15/h2-7,10,13H,11-12H2,1H3. The zero-order chi connectivity index (χ0) is 18.2. The molecule has 0 aliphatic heterocycles. The maximum absolute atomic E-state index is 10.8. The third kappa shape index (κ3) is 4.68. The summed E-state index contributed by atoms with van der Waals surface area (Å²) >= 11 is 0. The molecule has 0 radical (unpaired) electrons. The number of para-hydroxylation sites is 1. The number of carbonyl (C=O) groups is 1. The van der Waals surface area contributed by atoms with Crippen LogP contribution in [0.25, 0.3) is 11.5 Å². The molecule has 0 aliphatic rings. The molecule has 0 bridgehead atoms. The van der Waals surface area contributed by atoms with Gasteiger partial charge in [0.2, 0.25) is 0 Å². The molecule has 7 heteroatoms. The van der Waals surface area contributed by atoms with Crippen LogP contribution in [0.4, 0.5) is 0 Å². The van der Waals surface area contributed by atoms with Crippen LogP contribution in [-0.2, 0) is 9.53 Å². The lowest BCUT2D eigenvalue weighted by Crippen LogP contribution is -2.09. The number of pyridine rings is 1. The predicted molar refractivity (Wildman–Crippen MR) is 92.1 cm³/mol. The summed E-state index contributed by atoms with van der Waals surface area (Å²) in [6, 6.07) is 10.9. The van der Waals surface area contributed by atoms with E-state index < -0.39 is 0 Å². The van der Waals surface area contributed by atoms with Crippen LogP contribution in [0.1, 0.15) is 18.4 Å². The van der Waals surface area contributed by atoms with E-state index in [-0.39, 0.29) is 25.1 Å². The maximum Gasteiger partial charge on any atom is 0.302 e. The zero-order valence-corrected chi connectivity index (χ0v) is 14.0. The van der Waals surface area contributed by atoms with Crippen molar-refractivity contribution in [3.8, 4) is 29.0 Å². The van der Waals surface area contributed by atoms with Gasteiger partial charge in [0.15, 0.2) is 0 Å². The van der Waals surface area contributed by atoms with Crippen molar-refractivity contribution >= 4 is 5.97 Å². The highest BCUT2D eigenvalue weighted by Gasteiger charge is 2.12. The molecule has 2 aromatic heterocycles. The SMILES string of the molecule is CC(=O)OCCOc1ccccc1-c1nnc(C#Cc2cccnc2)o1. The molecule has 3 aromatic rings. The topological polar surface area (TPSA) is 87.3 Å². The van der Waals surface area contributed by atoms with Crippen molar-refractivity contribution < 1.29 is 18.7 Å². The average Bonchev–Trinajstić information content (AvgIpc) is 3.13. The van der Waals surface area contributed by atoms with Crippen LogP contribution in [0.15, 0.2) is 53.2 Å². The summed E-state index contributed by atoms with van der Waals surface area (Å²) in [7, 11) is 0. The number of carbonyl (C=O) groups excluding carboxylic acids is 1. The molecule has 0 saturated carbocycles. The summed E-state index contributed by atoms with van der Waals surface area (Å²) < 4.78 is 16.1. The fourth-order valence-corrected chi connectivity index (χ4v) is 2.05. The highest BCUT2D eigenvalue weighted by atomic mass is 16.6. The average molecular weight is 349 g/mol. The van der Waals surface area contributed by atoms with E-state index >= 15 is 0 Å². The normalized spacial score (nSPS) is 9.88. The largest absolute Gasteiger partial charge is 0.489 e. The predicted octanol–water partition coefficient (Wildman–Crippen LogP) is 2.47. The summed E-state index contributed by atoms with van der Waals surface area (Å²) in [4.78, 5) is 14.8. The van der Waals surface area contributed by atoms with E-state index in [1.807, 2.05) is 18.2 Å². The Morgan fingerprint density at radius 2 is 2.00 bits per heavy atom. The Balaban J connectivity index is 1.73. The van der Waals surface area contributed by atoms with E-state index in [0.29, 0.717) is 17.2 Å². The van der Waals surface area contributed by atoms with Gasteiger partial charge in [-0.3, -0.25) is 9.78 Å². The lowest BCUT2D eigenvalue weighted by molar-refractivity contribution is -0.141. The molecule has 0 aliphatic carbocycles. The Bertz CT molecular complexity index is 942. The Morgan fingerprint density at radius 1 is 1.12 bits per heavy atom. The van der Waals surface area contributed by atoms with Gasteiger partial charge in [-0.15, -0.1) is 5.10 Å². The third-order valence-corrected chi connectivity index (χ3v) is 3.16. The second-order valence-electron chi connectivity index (χ2n) is 5.09. The second-order valence-corrected chi connectivity index (χ2v) is 5.09. The van der Waals surface area contributed by atoms with Gasteiger partial charge in [0.1, 0.15) is 19.0 Å². The van der Waals surface area contributed by atoms with Crippen LogP contribution < -0.4 is 4.74 Å². The molecule has 1 aromatic carbocycles. The first-order valence-electron chi connectivity index (χ1n) is 7.83. The molecule has 130 valence electrons. The molecular formula is C19H15N3O4.